The van der Waals surface area contributed by atoms with E-state index in [1.807, 2.05) is 0 Å². The van der Waals surface area contributed by atoms with E-state index >= 15 is 0 Å². The average Bonchev–Trinajstić information content (AvgIpc) is 3.40. The molecule has 2 aliphatic rings. The first-order valence-corrected chi connectivity index (χ1v) is 11.5. The lowest BCUT2D eigenvalue weighted by molar-refractivity contribution is -0.134. The smallest absolute Gasteiger partial charge is 0.233 e. The van der Waals surface area contributed by atoms with Crippen molar-refractivity contribution in [2.45, 2.75) is 82.8 Å². The van der Waals surface area contributed by atoms with Gasteiger partial charge in [-0.05, 0) is 65.4 Å². The predicted octanol–water partition coefficient (Wildman–Crippen LogP) is 5.07. The van der Waals surface area contributed by atoms with Gasteiger partial charge in [0.25, 0.3) is 0 Å². The zero-order chi connectivity index (χ0) is 18.4. The number of thioether (sulfide) groups is 1. The van der Waals surface area contributed by atoms with Gasteiger partial charge in [-0.3, -0.25) is 4.79 Å². The fourth-order valence-corrected chi connectivity index (χ4v) is 6.04. The SMILES string of the molecule is Cc1sc2nc(C3CC3)nc(SCC(=O)N3C(C)CCCC3C)c2c1C. The van der Waals surface area contributed by atoms with Crippen molar-refractivity contribution in [1.29, 1.82) is 0 Å². The van der Waals surface area contributed by atoms with Gasteiger partial charge in [0.2, 0.25) is 5.91 Å². The quantitative estimate of drug-likeness (QED) is 0.541. The Balaban J connectivity index is 1.59. The number of carbonyl (C=O) groups is 1. The number of amides is 1. The van der Waals surface area contributed by atoms with E-state index in [1.54, 1.807) is 23.1 Å². The molecule has 6 heteroatoms. The van der Waals surface area contributed by atoms with Crippen LogP contribution in [0, 0.1) is 13.8 Å². The molecule has 0 spiro atoms. The Morgan fingerprint density at radius 3 is 2.50 bits per heavy atom. The maximum absolute atomic E-state index is 12.9. The second-order valence-electron chi connectivity index (χ2n) is 7.84. The number of likely N-dealkylation sites (tertiary alicyclic amines) is 1. The van der Waals surface area contributed by atoms with Crippen LogP contribution in [0.25, 0.3) is 10.2 Å². The molecule has 1 aliphatic heterocycles. The Bertz CT molecular complexity index is 833. The second-order valence-corrected chi connectivity index (χ2v) is 10.0. The number of fused-ring (bicyclic) bond motifs is 1. The Labute approximate surface area is 163 Å². The second kappa shape index (κ2) is 7.12. The number of nitrogens with zero attached hydrogens (tertiary/aromatic N) is 3. The van der Waals surface area contributed by atoms with Crippen LogP contribution >= 0.6 is 23.1 Å². The van der Waals surface area contributed by atoms with E-state index in [2.05, 4.69) is 32.6 Å². The Hall–Kier alpha value is -1.14. The van der Waals surface area contributed by atoms with Crippen LogP contribution in [-0.2, 0) is 4.79 Å². The van der Waals surface area contributed by atoms with E-state index in [1.165, 1.54) is 29.7 Å². The molecule has 1 saturated carbocycles. The standard InChI is InChI=1S/C20H27N3OS2/c1-11-6-5-7-12(2)23(11)16(24)10-25-19-17-13(3)14(4)26-20(17)22-18(21-19)15-8-9-15/h11-12,15H,5-10H2,1-4H3. The van der Waals surface area contributed by atoms with Gasteiger partial charge >= 0.3 is 0 Å². The lowest BCUT2D eigenvalue weighted by Gasteiger charge is -2.39. The molecule has 2 fully saturated rings. The molecule has 0 N–H and O–H groups in total. The van der Waals surface area contributed by atoms with Gasteiger partial charge in [0.1, 0.15) is 15.7 Å². The Kier molecular flexibility index (Phi) is 4.99. The largest absolute Gasteiger partial charge is 0.337 e. The van der Waals surface area contributed by atoms with Crippen LogP contribution in [0.2, 0.25) is 0 Å². The lowest BCUT2D eigenvalue weighted by atomic mass is 9.98. The van der Waals surface area contributed by atoms with Gasteiger partial charge in [0.05, 0.1) is 5.75 Å². The van der Waals surface area contributed by atoms with Crippen LogP contribution in [0.1, 0.15) is 68.1 Å². The molecule has 0 radical (unpaired) electrons. The van der Waals surface area contributed by atoms with E-state index in [0.29, 0.717) is 23.8 Å². The molecule has 4 nitrogen and oxygen atoms in total. The average molecular weight is 390 g/mol. The van der Waals surface area contributed by atoms with Crippen molar-refractivity contribution >= 4 is 39.2 Å². The molecule has 1 aliphatic carbocycles. The zero-order valence-electron chi connectivity index (χ0n) is 16.0. The van der Waals surface area contributed by atoms with Crippen LogP contribution in [0.5, 0.6) is 0 Å². The van der Waals surface area contributed by atoms with E-state index < -0.39 is 0 Å². The van der Waals surface area contributed by atoms with Gasteiger partial charge in [-0.1, -0.05) is 11.8 Å². The molecular weight excluding hydrogens is 362 g/mol. The van der Waals surface area contributed by atoms with Crippen LogP contribution < -0.4 is 0 Å². The zero-order valence-corrected chi connectivity index (χ0v) is 17.7. The summed E-state index contributed by atoms with van der Waals surface area (Å²) in [6, 6.07) is 0.703. The van der Waals surface area contributed by atoms with Crippen molar-refractivity contribution in [2.75, 3.05) is 5.75 Å². The summed E-state index contributed by atoms with van der Waals surface area (Å²) in [5.74, 6) is 2.23. The fraction of sp³-hybridized carbons (Fsp3) is 0.650. The van der Waals surface area contributed by atoms with Gasteiger partial charge in [0, 0.05) is 28.3 Å². The van der Waals surface area contributed by atoms with Gasteiger partial charge in [-0.25, -0.2) is 9.97 Å². The van der Waals surface area contributed by atoms with E-state index in [9.17, 15) is 4.79 Å². The highest BCUT2D eigenvalue weighted by atomic mass is 32.2. The first-order valence-electron chi connectivity index (χ1n) is 9.67. The fourth-order valence-electron chi connectivity index (χ4n) is 3.97. The van der Waals surface area contributed by atoms with Crippen molar-refractivity contribution in [3.8, 4) is 0 Å². The van der Waals surface area contributed by atoms with Gasteiger partial charge in [-0.15, -0.1) is 11.3 Å². The highest BCUT2D eigenvalue weighted by molar-refractivity contribution is 8.00. The molecule has 0 aromatic carbocycles. The number of aromatic nitrogens is 2. The van der Waals surface area contributed by atoms with E-state index in [0.717, 1.165) is 33.9 Å². The van der Waals surface area contributed by atoms with Crippen LogP contribution in [-0.4, -0.2) is 38.6 Å². The topological polar surface area (TPSA) is 46.1 Å². The van der Waals surface area contributed by atoms with Crippen LogP contribution in [0.3, 0.4) is 0 Å². The predicted molar refractivity (Wildman–Crippen MR) is 109 cm³/mol. The van der Waals surface area contributed by atoms with E-state index in [-0.39, 0.29) is 5.91 Å². The third kappa shape index (κ3) is 3.38. The molecule has 1 saturated heterocycles. The minimum Gasteiger partial charge on any atom is -0.337 e. The summed E-state index contributed by atoms with van der Waals surface area (Å²) in [5.41, 5.74) is 1.27. The Morgan fingerprint density at radius 2 is 1.85 bits per heavy atom. The summed E-state index contributed by atoms with van der Waals surface area (Å²) in [7, 11) is 0. The highest BCUT2D eigenvalue weighted by Gasteiger charge is 2.31. The van der Waals surface area contributed by atoms with Crippen molar-refractivity contribution in [2.24, 2.45) is 0 Å². The first-order chi connectivity index (χ1) is 12.5. The molecule has 140 valence electrons. The summed E-state index contributed by atoms with van der Waals surface area (Å²) < 4.78 is 0. The normalized spacial score (nSPS) is 23.6. The molecule has 0 bridgehead atoms. The summed E-state index contributed by atoms with van der Waals surface area (Å²) in [5, 5.41) is 2.17. The third-order valence-electron chi connectivity index (χ3n) is 5.77. The van der Waals surface area contributed by atoms with Crippen molar-refractivity contribution in [1.82, 2.24) is 14.9 Å². The highest BCUT2D eigenvalue weighted by Crippen LogP contribution is 2.42. The van der Waals surface area contributed by atoms with Crippen LogP contribution in [0.15, 0.2) is 5.03 Å². The molecule has 2 unspecified atom stereocenters. The maximum atomic E-state index is 12.9. The van der Waals surface area contributed by atoms with Gasteiger partial charge in [0.15, 0.2) is 0 Å². The number of hydrogen-bond donors (Lipinski definition) is 0. The summed E-state index contributed by atoms with van der Waals surface area (Å²) in [6.45, 7) is 8.65. The summed E-state index contributed by atoms with van der Waals surface area (Å²) in [6.07, 6.45) is 5.85. The van der Waals surface area contributed by atoms with Crippen molar-refractivity contribution in [3.63, 3.8) is 0 Å². The van der Waals surface area contributed by atoms with E-state index in [4.69, 9.17) is 9.97 Å². The molecule has 3 heterocycles. The molecule has 4 rings (SSSR count). The number of piperidine rings is 1. The minimum atomic E-state index is 0.249. The van der Waals surface area contributed by atoms with Crippen molar-refractivity contribution < 1.29 is 4.79 Å². The molecule has 2 atom stereocenters. The molecule has 26 heavy (non-hydrogen) atoms. The number of aryl methyl sites for hydroxylation is 2. The van der Waals surface area contributed by atoms with Gasteiger partial charge < -0.3 is 4.90 Å². The van der Waals surface area contributed by atoms with Gasteiger partial charge in [-0.2, -0.15) is 0 Å². The van der Waals surface area contributed by atoms with Crippen molar-refractivity contribution in [3.05, 3.63) is 16.3 Å². The third-order valence-corrected chi connectivity index (χ3v) is 7.83. The summed E-state index contributed by atoms with van der Waals surface area (Å²) >= 11 is 3.36. The molecule has 1 amide bonds. The number of thiophene rings is 1. The first kappa shape index (κ1) is 18.2. The number of rotatable bonds is 4. The number of hydrogen-bond acceptors (Lipinski definition) is 5. The monoisotopic (exact) mass is 389 g/mol. The summed E-state index contributed by atoms with van der Waals surface area (Å²) in [4.78, 5) is 27.1. The molecule has 2 aromatic rings. The lowest BCUT2D eigenvalue weighted by Crippen LogP contribution is -2.48. The Morgan fingerprint density at radius 1 is 1.15 bits per heavy atom. The maximum Gasteiger partial charge on any atom is 0.233 e. The molecule has 2 aromatic heterocycles. The number of carbonyl (C=O) groups excluding carboxylic acids is 1. The minimum absolute atomic E-state index is 0.249. The molecular formula is C20H27N3OS2. The van der Waals surface area contributed by atoms with Crippen LogP contribution in [0.4, 0.5) is 0 Å².